The number of amides is 1. The van der Waals surface area contributed by atoms with Gasteiger partial charge < -0.3 is 9.47 Å². The van der Waals surface area contributed by atoms with E-state index in [-0.39, 0.29) is 35.2 Å². The van der Waals surface area contributed by atoms with Crippen LogP contribution >= 0.6 is 15.9 Å². The van der Waals surface area contributed by atoms with E-state index in [0.717, 1.165) is 15.9 Å². The number of hydrogen-bond donors (Lipinski definition) is 1. The third-order valence-electron chi connectivity index (χ3n) is 5.04. The topological polar surface area (TPSA) is 138 Å². The van der Waals surface area contributed by atoms with Crippen molar-refractivity contribution in [1.82, 2.24) is 15.2 Å². The van der Waals surface area contributed by atoms with Gasteiger partial charge in [-0.25, -0.2) is 10.2 Å². The van der Waals surface area contributed by atoms with Gasteiger partial charge >= 0.3 is 5.97 Å². The maximum atomic E-state index is 12.5. The molecule has 3 rings (SSSR count). The number of nitro benzene ring substituents is 1. The molecule has 0 unspecified atom stereocenters. The Bertz CT molecular complexity index is 1330. The van der Waals surface area contributed by atoms with E-state index in [2.05, 4.69) is 31.6 Å². The summed E-state index contributed by atoms with van der Waals surface area (Å²) in [6.07, 6.45) is 0. The summed E-state index contributed by atoms with van der Waals surface area (Å²) in [6.45, 7) is 5.37. The van der Waals surface area contributed by atoms with Crippen LogP contribution in [0.3, 0.4) is 0 Å². The Morgan fingerprint density at radius 2 is 1.91 bits per heavy atom. The summed E-state index contributed by atoms with van der Waals surface area (Å²) in [5.41, 5.74) is 4.63. The van der Waals surface area contributed by atoms with E-state index >= 15 is 0 Å². The molecule has 1 heterocycles. The molecule has 0 radical (unpaired) electrons. The molecule has 0 aliphatic rings. The number of carbonyl (C=O) groups excluding carboxylic acids is 2. The maximum absolute atomic E-state index is 12.5. The highest BCUT2D eigenvalue weighted by Crippen LogP contribution is 2.30. The van der Waals surface area contributed by atoms with Gasteiger partial charge in [-0.15, -0.1) is 0 Å². The molecule has 2 aromatic carbocycles. The van der Waals surface area contributed by atoms with Crippen LogP contribution in [-0.2, 0) is 11.3 Å². The van der Waals surface area contributed by atoms with E-state index in [4.69, 9.17) is 9.47 Å². The highest BCUT2D eigenvalue weighted by Gasteiger charge is 2.22. The lowest BCUT2D eigenvalue weighted by Gasteiger charge is -2.11. The van der Waals surface area contributed by atoms with Gasteiger partial charge in [0.2, 0.25) is 0 Å². The lowest BCUT2D eigenvalue weighted by molar-refractivity contribution is -0.385. The fourth-order valence-corrected chi connectivity index (χ4v) is 3.43. The number of methoxy groups -OCH3 is 1. The molecule has 0 spiro atoms. The van der Waals surface area contributed by atoms with Crippen molar-refractivity contribution < 1.29 is 24.0 Å². The Morgan fingerprint density at radius 3 is 2.54 bits per heavy atom. The summed E-state index contributed by atoms with van der Waals surface area (Å²) in [5.74, 6) is -0.963. The Hall–Kier alpha value is -4.06. The van der Waals surface area contributed by atoms with Gasteiger partial charge in [-0.3, -0.25) is 19.6 Å². The highest BCUT2D eigenvalue weighted by molar-refractivity contribution is 9.10. The molecule has 182 valence electrons. The number of ether oxygens (including phenoxy) is 2. The van der Waals surface area contributed by atoms with Crippen LogP contribution in [-0.4, -0.2) is 39.4 Å². The van der Waals surface area contributed by atoms with Crippen LogP contribution < -0.4 is 14.9 Å². The summed E-state index contributed by atoms with van der Waals surface area (Å²) in [5, 5.41) is 19.6. The third kappa shape index (κ3) is 5.90. The van der Waals surface area contributed by atoms with Crippen LogP contribution in [0, 0.1) is 24.0 Å². The largest absolute Gasteiger partial charge is 0.493 e. The number of rotatable bonds is 8. The highest BCUT2D eigenvalue weighted by atomic mass is 79.9. The Balaban J connectivity index is 1.73. The second-order valence-electron chi connectivity index (χ2n) is 7.40. The Morgan fingerprint density at radius 1 is 1.20 bits per heavy atom. The number of nitro groups is 1. The molecule has 12 heteroatoms. The van der Waals surface area contributed by atoms with E-state index < -0.39 is 10.9 Å². The molecule has 11 nitrogen and oxygen atoms in total. The normalized spacial score (nSPS) is 11.2. The molecule has 0 bridgehead atoms. The molecule has 0 aliphatic heterocycles. The van der Waals surface area contributed by atoms with Gasteiger partial charge in [0.1, 0.15) is 12.1 Å². The van der Waals surface area contributed by atoms with Gasteiger partial charge in [-0.1, -0.05) is 12.1 Å². The maximum Gasteiger partial charge on any atom is 0.350 e. The van der Waals surface area contributed by atoms with Crippen molar-refractivity contribution in [3.05, 3.63) is 79.6 Å². The molecule has 35 heavy (non-hydrogen) atoms. The Kier molecular flexibility index (Phi) is 7.97. The van der Waals surface area contributed by atoms with E-state index in [1.165, 1.54) is 37.4 Å². The van der Waals surface area contributed by atoms with Crippen LogP contribution in [0.25, 0.3) is 0 Å². The van der Waals surface area contributed by atoms with Gasteiger partial charge in [0.05, 0.1) is 33.6 Å². The summed E-state index contributed by atoms with van der Waals surface area (Å²) >= 11 is 3.42. The minimum atomic E-state index is -0.892. The minimum absolute atomic E-state index is 0.00110. The predicted molar refractivity (Wildman–Crippen MR) is 131 cm³/mol. The average molecular weight is 544 g/mol. The number of carbonyl (C=O) groups is 2. The second kappa shape index (κ2) is 10.9. The number of esters is 1. The van der Waals surface area contributed by atoms with E-state index in [9.17, 15) is 19.7 Å². The van der Waals surface area contributed by atoms with Crippen molar-refractivity contribution in [3.63, 3.8) is 0 Å². The minimum Gasteiger partial charge on any atom is -0.493 e. The van der Waals surface area contributed by atoms with Gasteiger partial charge in [0, 0.05) is 11.6 Å². The first-order chi connectivity index (χ1) is 16.6. The summed E-state index contributed by atoms with van der Waals surface area (Å²) in [7, 11) is 1.39. The van der Waals surface area contributed by atoms with Crippen LogP contribution in [0.5, 0.6) is 11.5 Å². The fraction of sp³-hybridized carbons (Fsp3) is 0.217. The molecule has 0 atom stereocenters. The number of para-hydroxylation sites is 1. The molecular formula is C23H22BrN5O6. The van der Waals surface area contributed by atoms with E-state index in [0.29, 0.717) is 11.3 Å². The van der Waals surface area contributed by atoms with Gasteiger partial charge in [-0.2, -0.15) is 10.2 Å². The zero-order chi connectivity index (χ0) is 25.7. The van der Waals surface area contributed by atoms with Crippen LogP contribution in [0.15, 0.2) is 52.0 Å². The monoisotopic (exact) mass is 543 g/mol. The van der Waals surface area contributed by atoms with Crippen molar-refractivity contribution in [2.75, 3.05) is 7.11 Å². The quantitative estimate of drug-likeness (QED) is 0.149. The van der Waals surface area contributed by atoms with Gasteiger partial charge in [0.25, 0.3) is 11.6 Å². The molecular weight excluding hydrogens is 522 g/mol. The molecule has 0 fully saturated rings. The van der Waals surface area contributed by atoms with Crippen molar-refractivity contribution in [1.29, 1.82) is 0 Å². The lowest BCUT2D eigenvalue weighted by Crippen LogP contribution is -2.25. The molecule has 3 aromatic rings. The first-order valence-corrected chi connectivity index (χ1v) is 11.1. The van der Waals surface area contributed by atoms with E-state index in [1.807, 2.05) is 13.8 Å². The average Bonchev–Trinajstić information content (AvgIpc) is 3.08. The number of nitrogens with one attached hydrogen (secondary N) is 1. The smallest absolute Gasteiger partial charge is 0.350 e. The number of hydrogen-bond acceptors (Lipinski definition) is 8. The molecule has 1 N–H and O–H groups in total. The Labute approximate surface area is 209 Å². The summed E-state index contributed by atoms with van der Waals surface area (Å²) < 4.78 is 13.1. The number of benzene rings is 2. The van der Waals surface area contributed by atoms with Crippen molar-refractivity contribution in [3.8, 4) is 11.5 Å². The molecule has 1 amide bonds. The predicted octanol–water partition coefficient (Wildman–Crippen LogP) is 3.94. The van der Waals surface area contributed by atoms with Crippen LogP contribution in [0.4, 0.5) is 5.69 Å². The SMILES string of the molecule is COc1cc(/C(C)=N/NC(=O)Cn2nc(C)c(Br)c2C)ccc1OC(=O)c1ccccc1[N+](=O)[O-]. The standard InChI is InChI=1S/C23H22BrN5O6/c1-13(25-26-21(30)12-28-15(3)22(24)14(2)27-28)16-9-10-19(20(11-16)34-4)35-23(31)17-7-5-6-8-18(17)29(32)33/h5-11H,12H2,1-4H3,(H,26,30)/b25-13+. The number of halogens is 1. The van der Waals surface area contributed by atoms with Crippen molar-refractivity contribution >= 4 is 39.2 Å². The van der Waals surface area contributed by atoms with Crippen molar-refractivity contribution in [2.45, 2.75) is 27.3 Å². The van der Waals surface area contributed by atoms with Gasteiger partial charge in [0.15, 0.2) is 11.5 Å². The summed E-state index contributed by atoms with van der Waals surface area (Å²) in [4.78, 5) is 35.4. The lowest BCUT2D eigenvalue weighted by atomic mass is 10.1. The zero-order valence-corrected chi connectivity index (χ0v) is 21.0. The van der Waals surface area contributed by atoms with E-state index in [1.54, 1.807) is 23.7 Å². The molecule has 0 aliphatic carbocycles. The first-order valence-electron chi connectivity index (χ1n) is 10.3. The number of hydrazone groups is 1. The number of nitrogens with zero attached hydrogens (tertiary/aromatic N) is 4. The number of aryl methyl sites for hydroxylation is 1. The summed E-state index contributed by atoms with van der Waals surface area (Å²) in [6, 6.07) is 10.2. The van der Waals surface area contributed by atoms with Crippen LogP contribution in [0.1, 0.15) is 34.2 Å². The zero-order valence-electron chi connectivity index (χ0n) is 19.4. The van der Waals surface area contributed by atoms with Crippen LogP contribution in [0.2, 0.25) is 0 Å². The third-order valence-corrected chi connectivity index (χ3v) is 6.19. The fourth-order valence-electron chi connectivity index (χ4n) is 3.15. The number of aromatic nitrogens is 2. The second-order valence-corrected chi connectivity index (χ2v) is 8.20. The molecule has 0 saturated carbocycles. The van der Waals surface area contributed by atoms with Crippen molar-refractivity contribution in [2.24, 2.45) is 5.10 Å². The first kappa shape index (κ1) is 25.6. The molecule has 0 saturated heterocycles. The molecule has 1 aromatic heterocycles. The van der Waals surface area contributed by atoms with Gasteiger partial charge in [-0.05, 0) is 61.0 Å².